The van der Waals surface area contributed by atoms with E-state index in [1.165, 1.54) is 20.0 Å². The molecule has 1 saturated carbocycles. The summed E-state index contributed by atoms with van der Waals surface area (Å²) in [5.74, 6) is 0.274. The lowest BCUT2D eigenvalue weighted by Gasteiger charge is -2.15. The van der Waals surface area contributed by atoms with Crippen LogP contribution in [0, 0.1) is 5.92 Å². The third-order valence-corrected chi connectivity index (χ3v) is 4.33. The van der Waals surface area contributed by atoms with Crippen molar-refractivity contribution in [3.63, 3.8) is 0 Å². The number of methoxy groups -OCH3 is 1. The molecule has 0 heterocycles. The van der Waals surface area contributed by atoms with Gasteiger partial charge in [-0.15, -0.1) is 0 Å². The van der Waals surface area contributed by atoms with Crippen LogP contribution in [0.1, 0.15) is 30.1 Å². The highest BCUT2D eigenvalue weighted by Gasteiger charge is 2.29. The number of amides is 1. The third kappa shape index (κ3) is 3.67. The second kappa shape index (κ2) is 6.91. The van der Waals surface area contributed by atoms with E-state index in [2.05, 4.69) is 5.32 Å². The van der Waals surface area contributed by atoms with E-state index in [0.29, 0.717) is 17.2 Å². The molecule has 1 aliphatic rings. The Balaban J connectivity index is 1.76. The minimum atomic E-state index is -0.484. The van der Waals surface area contributed by atoms with Crippen LogP contribution >= 0.6 is 0 Å². The van der Waals surface area contributed by atoms with E-state index in [9.17, 15) is 9.59 Å². The predicted molar refractivity (Wildman–Crippen MR) is 91.1 cm³/mol. The van der Waals surface area contributed by atoms with Crippen LogP contribution in [-0.2, 0) is 9.53 Å². The zero-order valence-corrected chi connectivity index (χ0v) is 13.9. The van der Waals surface area contributed by atoms with Gasteiger partial charge in [0.25, 0.3) is 5.91 Å². The summed E-state index contributed by atoms with van der Waals surface area (Å²) in [7, 11) is 1.32. The number of rotatable bonds is 6. The molecular weight excluding hydrogens is 306 g/mol. The van der Waals surface area contributed by atoms with E-state index in [1.807, 2.05) is 31.2 Å². The Kier molecular flexibility index (Phi) is 4.69. The summed E-state index contributed by atoms with van der Waals surface area (Å²) in [5.41, 5.74) is 0.319. The summed E-state index contributed by atoms with van der Waals surface area (Å²) < 4.78 is 10.4. The van der Waals surface area contributed by atoms with Crippen molar-refractivity contribution in [2.24, 2.45) is 5.92 Å². The van der Waals surface area contributed by atoms with Crippen molar-refractivity contribution in [3.05, 3.63) is 42.0 Å². The number of nitrogens with one attached hydrogen (secondary N) is 1. The standard InChI is InChI=1S/C19H21NO4/c1-12(13-7-8-13)20-18(21)11-24-17-10-15-6-4-3-5-14(15)9-16(17)19(22)23-2/h3-6,9-10,12-13H,7-8,11H2,1-2H3,(H,20,21). The number of hydrogen-bond acceptors (Lipinski definition) is 4. The maximum atomic E-state index is 12.0. The van der Waals surface area contributed by atoms with Crippen LogP contribution < -0.4 is 10.1 Å². The summed E-state index contributed by atoms with van der Waals surface area (Å²) in [4.78, 5) is 24.0. The van der Waals surface area contributed by atoms with Crippen LogP contribution in [-0.4, -0.2) is 31.6 Å². The fourth-order valence-corrected chi connectivity index (χ4v) is 2.76. The molecule has 0 bridgehead atoms. The van der Waals surface area contributed by atoms with Gasteiger partial charge >= 0.3 is 5.97 Å². The monoisotopic (exact) mass is 327 g/mol. The van der Waals surface area contributed by atoms with Crippen molar-refractivity contribution in [1.29, 1.82) is 0 Å². The van der Waals surface area contributed by atoms with E-state index in [0.717, 1.165) is 10.8 Å². The average molecular weight is 327 g/mol. The first-order valence-electron chi connectivity index (χ1n) is 8.11. The van der Waals surface area contributed by atoms with Gasteiger partial charge < -0.3 is 14.8 Å². The van der Waals surface area contributed by atoms with Gasteiger partial charge in [-0.1, -0.05) is 24.3 Å². The van der Waals surface area contributed by atoms with Gasteiger partial charge in [0.15, 0.2) is 6.61 Å². The Bertz CT molecular complexity index is 767. The van der Waals surface area contributed by atoms with Crippen molar-refractivity contribution >= 4 is 22.6 Å². The highest BCUT2D eigenvalue weighted by atomic mass is 16.5. The molecule has 1 N–H and O–H groups in total. The van der Waals surface area contributed by atoms with Crippen LogP contribution in [0.15, 0.2) is 36.4 Å². The van der Waals surface area contributed by atoms with E-state index in [4.69, 9.17) is 9.47 Å². The molecule has 5 nitrogen and oxygen atoms in total. The largest absolute Gasteiger partial charge is 0.483 e. The number of ether oxygens (including phenoxy) is 2. The highest BCUT2D eigenvalue weighted by Crippen LogP contribution is 2.32. The second-order valence-electron chi connectivity index (χ2n) is 6.17. The summed E-state index contributed by atoms with van der Waals surface area (Å²) in [5, 5.41) is 4.78. The first kappa shape index (κ1) is 16.3. The molecule has 1 aliphatic carbocycles. The molecule has 5 heteroatoms. The van der Waals surface area contributed by atoms with Crippen LogP contribution in [0.2, 0.25) is 0 Å². The number of benzene rings is 2. The lowest BCUT2D eigenvalue weighted by molar-refractivity contribution is -0.123. The fraction of sp³-hybridized carbons (Fsp3) is 0.368. The molecule has 2 aromatic rings. The number of carbonyl (C=O) groups excluding carboxylic acids is 2. The molecule has 24 heavy (non-hydrogen) atoms. The highest BCUT2D eigenvalue weighted by molar-refractivity contribution is 5.98. The first-order valence-corrected chi connectivity index (χ1v) is 8.11. The SMILES string of the molecule is COC(=O)c1cc2ccccc2cc1OCC(=O)NC(C)C1CC1. The molecule has 2 aromatic carbocycles. The van der Waals surface area contributed by atoms with Crippen LogP contribution in [0.5, 0.6) is 5.75 Å². The Morgan fingerprint density at radius 1 is 1.21 bits per heavy atom. The summed E-state index contributed by atoms with van der Waals surface area (Å²) in [6.45, 7) is 1.88. The normalized spacial score (nSPS) is 14.9. The van der Waals surface area contributed by atoms with Gasteiger partial charge in [-0.25, -0.2) is 4.79 Å². The van der Waals surface area contributed by atoms with Crippen molar-refractivity contribution in [1.82, 2.24) is 5.32 Å². The number of hydrogen-bond donors (Lipinski definition) is 1. The van der Waals surface area contributed by atoms with Crippen molar-refractivity contribution < 1.29 is 19.1 Å². The number of carbonyl (C=O) groups is 2. The number of esters is 1. The smallest absolute Gasteiger partial charge is 0.341 e. The topological polar surface area (TPSA) is 64.6 Å². The van der Waals surface area contributed by atoms with E-state index >= 15 is 0 Å². The zero-order valence-electron chi connectivity index (χ0n) is 13.9. The fourth-order valence-electron chi connectivity index (χ4n) is 2.76. The molecule has 0 radical (unpaired) electrons. The van der Waals surface area contributed by atoms with Gasteiger partial charge in [0.05, 0.1) is 7.11 Å². The van der Waals surface area contributed by atoms with Gasteiger partial charge in [0, 0.05) is 6.04 Å². The van der Waals surface area contributed by atoms with Gasteiger partial charge in [-0.05, 0) is 48.6 Å². The Morgan fingerprint density at radius 2 is 1.88 bits per heavy atom. The van der Waals surface area contributed by atoms with Gasteiger partial charge in [-0.3, -0.25) is 4.79 Å². The van der Waals surface area contributed by atoms with E-state index in [-0.39, 0.29) is 18.6 Å². The Hall–Kier alpha value is -2.56. The average Bonchev–Trinajstić information content (AvgIpc) is 3.43. The molecule has 1 fully saturated rings. The maximum absolute atomic E-state index is 12.0. The minimum absolute atomic E-state index is 0.126. The summed E-state index contributed by atoms with van der Waals surface area (Å²) >= 11 is 0. The van der Waals surface area contributed by atoms with Crippen molar-refractivity contribution in [2.45, 2.75) is 25.8 Å². The molecule has 3 rings (SSSR count). The lowest BCUT2D eigenvalue weighted by Crippen LogP contribution is -2.37. The lowest BCUT2D eigenvalue weighted by atomic mass is 10.1. The van der Waals surface area contributed by atoms with Crippen molar-refractivity contribution in [3.8, 4) is 5.75 Å². The molecular formula is C19H21NO4. The predicted octanol–water partition coefficient (Wildman–Crippen LogP) is 2.92. The summed E-state index contributed by atoms with van der Waals surface area (Å²) in [6, 6.07) is 11.3. The third-order valence-electron chi connectivity index (χ3n) is 4.33. The minimum Gasteiger partial charge on any atom is -0.483 e. The van der Waals surface area contributed by atoms with Crippen molar-refractivity contribution in [2.75, 3.05) is 13.7 Å². The molecule has 0 saturated heterocycles. The van der Waals surface area contributed by atoms with Crippen LogP contribution in [0.3, 0.4) is 0 Å². The quantitative estimate of drug-likeness (QED) is 0.829. The molecule has 126 valence electrons. The van der Waals surface area contributed by atoms with Crippen LogP contribution in [0.25, 0.3) is 10.8 Å². The number of fused-ring (bicyclic) bond motifs is 1. The Morgan fingerprint density at radius 3 is 2.50 bits per heavy atom. The Labute approximate surface area is 140 Å². The van der Waals surface area contributed by atoms with Gasteiger partial charge in [0.1, 0.15) is 11.3 Å². The maximum Gasteiger partial charge on any atom is 0.341 e. The summed E-state index contributed by atoms with van der Waals surface area (Å²) in [6.07, 6.45) is 2.33. The van der Waals surface area contributed by atoms with E-state index < -0.39 is 5.97 Å². The second-order valence-corrected chi connectivity index (χ2v) is 6.17. The molecule has 1 atom stereocenters. The molecule has 0 aliphatic heterocycles. The van der Waals surface area contributed by atoms with Crippen LogP contribution in [0.4, 0.5) is 0 Å². The van der Waals surface area contributed by atoms with Gasteiger partial charge in [0.2, 0.25) is 0 Å². The zero-order chi connectivity index (χ0) is 17.1. The molecule has 1 amide bonds. The molecule has 0 aromatic heterocycles. The molecule has 1 unspecified atom stereocenters. The van der Waals surface area contributed by atoms with Gasteiger partial charge in [-0.2, -0.15) is 0 Å². The first-order chi connectivity index (χ1) is 11.6. The van der Waals surface area contributed by atoms with E-state index in [1.54, 1.807) is 12.1 Å². The molecule has 0 spiro atoms.